The van der Waals surface area contributed by atoms with Gasteiger partial charge in [0.05, 0.1) is 12.1 Å². The summed E-state index contributed by atoms with van der Waals surface area (Å²) < 4.78 is 0. The summed E-state index contributed by atoms with van der Waals surface area (Å²) in [6, 6.07) is 3.96. The summed E-state index contributed by atoms with van der Waals surface area (Å²) >= 11 is 2.76. The van der Waals surface area contributed by atoms with Crippen LogP contribution in [0.15, 0.2) is 17.5 Å². The molecule has 0 saturated heterocycles. The highest BCUT2D eigenvalue weighted by Gasteiger charge is 2.32. The third-order valence-corrected chi connectivity index (χ3v) is 6.55. The number of carboxylic acid groups (broad SMARTS) is 1. The van der Waals surface area contributed by atoms with Gasteiger partial charge in [-0.1, -0.05) is 6.07 Å². The second kappa shape index (κ2) is 5.82. The number of primary amides is 1. The molecule has 1 unspecified atom stereocenters. The molecular formula is C17H15N3O3S2. The summed E-state index contributed by atoms with van der Waals surface area (Å²) in [4.78, 5) is 29.6. The second-order valence-electron chi connectivity index (χ2n) is 6.05. The number of anilines is 1. The SMILES string of the molecule is NC(=O)c1sc2nc3c(c(-c4cccs4)c2c1N)CCC3CC(=O)O. The van der Waals surface area contributed by atoms with Crippen molar-refractivity contribution in [2.75, 3.05) is 5.73 Å². The highest BCUT2D eigenvalue weighted by atomic mass is 32.1. The van der Waals surface area contributed by atoms with Gasteiger partial charge in [-0.15, -0.1) is 22.7 Å². The molecule has 8 heteroatoms. The van der Waals surface area contributed by atoms with Crippen molar-refractivity contribution in [2.45, 2.75) is 25.2 Å². The van der Waals surface area contributed by atoms with Crippen molar-refractivity contribution >= 4 is 50.5 Å². The molecular weight excluding hydrogens is 358 g/mol. The van der Waals surface area contributed by atoms with Gasteiger partial charge >= 0.3 is 5.97 Å². The van der Waals surface area contributed by atoms with Crippen LogP contribution in [-0.4, -0.2) is 22.0 Å². The number of hydrogen-bond donors (Lipinski definition) is 3. The zero-order valence-corrected chi connectivity index (χ0v) is 14.7. The molecule has 0 aliphatic heterocycles. The number of carboxylic acids is 1. The van der Waals surface area contributed by atoms with E-state index in [1.165, 1.54) is 11.3 Å². The lowest BCUT2D eigenvalue weighted by Crippen LogP contribution is -2.10. The van der Waals surface area contributed by atoms with E-state index < -0.39 is 11.9 Å². The summed E-state index contributed by atoms with van der Waals surface area (Å²) in [5.41, 5.74) is 14.9. The average molecular weight is 373 g/mol. The Morgan fingerprint density at radius 1 is 1.40 bits per heavy atom. The molecule has 0 saturated carbocycles. The molecule has 1 aliphatic carbocycles. The van der Waals surface area contributed by atoms with Gasteiger partial charge in [0, 0.05) is 27.4 Å². The van der Waals surface area contributed by atoms with E-state index >= 15 is 0 Å². The largest absolute Gasteiger partial charge is 0.481 e. The van der Waals surface area contributed by atoms with Crippen molar-refractivity contribution in [1.29, 1.82) is 0 Å². The maximum absolute atomic E-state index is 11.7. The molecule has 6 nitrogen and oxygen atoms in total. The topological polar surface area (TPSA) is 119 Å². The predicted molar refractivity (Wildman–Crippen MR) is 99.2 cm³/mol. The molecule has 3 aromatic rings. The van der Waals surface area contributed by atoms with Crippen molar-refractivity contribution in [3.63, 3.8) is 0 Å². The number of pyridine rings is 1. The fourth-order valence-electron chi connectivity index (χ4n) is 3.54. The number of amides is 1. The van der Waals surface area contributed by atoms with Crippen molar-refractivity contribution in [3.8, 4) is 10.4 Å². The Morgan fingerprint density at radius 2 is 2.20 bits per heavy atom. The minimum Gasteiger partial charge on any atom is -0.481 e. The van der Waals surface area contributed by atoms with Crippen LogP contribution >= 0.6 is 22.7 Å². The number of thiophene rings is 2. The first-order valence-electron chi connectivity index (χ1n) is 7.77. The smallest absolute Gasteiger partial charge is 0.304 e. The summed E-state index contributed by atoms with van der Waals surface area (Å²) in [5.74, 6) is -1.52. The normalized spacial score (nSPS) is 16.2. The van der Waals surface area contributed by atoms with Crippen LogP contribution in [0, 0.1) is 0 Å². The Bertz CT molecular complexity index is 1010. The van der Waals surface area contributed by atoms with Gasteiger partial charge in [-0.25, -0.2) is 4.98 Å². The van der Waals surface area contributed by atoms with Gasteiger partial charge in [0.2, 0.25) is 0 Å². The molecule has 1 amide bonds. The zero-order valence-electron chi connectivity index (χ0n) is 13.1. The highest BCUT2D eigenvalue weighted by Crippen LogP contribution is 2.48. The highest BCUT2D eigenvalue weighted by molar-refractivity contribution is 7.21. The van der Waals surface area contributed by atoms with Crippen LogP contribution in [0.4, 0.5) is 5.69 Å². The minimum absolute atomic E-state index is 0.0545. The molecule has 128 valence electrons. The fraction of sp³-hybridized carbons (Fsp3) is 0.235. The number of nitrogens with two attached hydrogens (primary N) is 2. The fourth-order valence-corrected chi connectivity index (χ4v) is 5.31. The van der Waals surface area contributed by atoms with Crippen LogP contribution in [0.1, 0.15) is 39.7 Å². The molecule has 5 N–H and O–H groups in total. The second-order valence-corrected chi connectivity index (χ2v) is 8.00. The van der Waals surface area contributed by atoms with E-state index in [0.717, 1.165) is 39.9 Å². The summed E-state index contributed by atoms with van der Waals surface area (Å²) in [5, 5.41) is 11.9. The van der Waals surface area contributed by atoms with Crippen LogP contribution in [0.2, 0.25) is 0 Å². The van der Waals surface area contributed by atoms with Crippen LogP contribution in [-0.2, 0) is 11.2 Å². The van der Waals surface area contributed by atoms with E-state index in [1.54, 1.807) is 11.3 Å². The number of hydrogen-bond acceptors (Lipinski definition) is 6. The molecule has 3 heterocycles. The standard InChI is InChI=1S/C17H15N3O3S2/c18-13-12-11(9-2-1-5-24-9)8-4-3-7(6-10(21)22)14(8)20-17(12)25-15(13)16(19)23/h1-2,5,7H,3-4,6,18H2,(H2,19,23)(H,21,22). The summed E-state index contributed by atoms with van der Waals surface area (Å²) in [6.45, 7) is 0. The zero-order chi connectivity index (χ0) is 17.7. The Kier molecular flexibility index (Phi) is 3.73. The van der Waals surface area contributed by atoms with Crippen LogP contribution in [0.25, 0.3) is 20.7 Å². The quantitative estimate of drug-likeness (QED) is 0.649. The number of aromatic nitrogens is 1. The van der Waals surface area contributed by atoms with Gasteiger partial charge < -0.3 is 16.6 Å². The van der Waals surface area contributed by atoms with E-state index in [1.807, 2.05) is 17.5 Å². The number of rotatable bonds is 4. The van der Waals surface area contributed by atoms with Crippen LogP contribution in [0.3, 0.4) is 0 Å². The van der Waals surface area contributed by atoms with E-state index in [9.17, 15) is 14.7 Å². The molecule has 1 aliphatic rings. The molecule has 0 bridgehead atoms. The van der Waals surface area contributed by atoms with Crippen molar-refractivity contribution in [3.05, 3.63) is 33.6 Å². The number of carbonyl (C=O) groups is 2. The average Bonchev–Trinajstić information content (AvgIpc) is 3.26. The van der Waals surface area contributed by atoms with Crippen LogP contribution in [0.5, 0.6) is 0 Å². The molecule has 0 fully saturated rings. The lowest BCUT2D eigenvalue weighted by molar-refractivity contribution is -0.137. The van der Waals surface area contributed by atoms with E-state index in [4.69, 9.17) is 16.5 Å². The first-order valence-corrected chi connectivity index (χ1v) is 9.47. The number of aliphatic carboxylic acids is 1. The molecule has 3 aromatic heterocycles. The van der Waals surface area contributed by atoms with Crippen molar-refractivity contribution in [1.82, 2.24) is 4.98 Å². The lowest BCUT2D eigenvalue weighted by Gasteiger charge is -2.12. The van der Waals surface area contributed by atoms with Gasteiger partial charge in [0.15, 0.2) is 0 Å². The maximum atomic E-state index is 11.7. The maximum Gasteiger partial charge on any atom is 0.304 e. The minimum atomic E-state index is -0.832. The molecule has 0 spiro atoms. The van der Waals surface area contributed by atoms with Crippen molar-refractivity contribution < 1.29 is 14.7 Å². The predicted octanol–water partition coefficient (Wildman–Crippen LogP) is 3.21. The van der Waals surface area contributed by atoms with Crippen molar-refractivity contribution in [2.24, 2.45) is 5.73 Å². The monoisotopic (exact) mass is 373 g/mol. The van der Waals surface area contributed by atoms with E-state index in [0.29, 0.717) is 15.4 Å². The number of nitrogen functional groups attached to an aromatic ring is 1. The third kappa shape index (κ3) is 2.49. The van der Waals surface area contributed by atoms with E-state index in [-0.39, 0.29) is 12.3 Å². The lowest BCUT2D eigenvalue weighted by atomic mass is 9.99. The van der Waals surface area contributed by atoms with Crippen LogP contribution < -0.4 is 11.5 Å². The van der Waals surface area contributed by atoms with Gasteiger partial charge in [0.25, 0.3) is 5.91 Å². The first-order chi connectivity index (χ1) is 12.0. The Hall–Kier alpha value is -2.45. The number of nitrogens with zero attached hydrogens (tertiary/aromatic N) is 1. The molecule has 0 radical (unpaired) electrons. The Morgan fingerprint density at radius 3 is 2.84 bits per heavy atom. The van der Waals surface area contributed by atoms with Gasteiger partial charge in [0.1, 0.15) is 9.71 Å². The molecule has 1 atom stereocenters. The number of carbonyl (C=O) groups excluding carboxylic acids is 1. The Labute approximate surface area is 151 Å². The molecule has 4 rings (SSSR count). The third-order valence-electron chi connectivity index (χ3n) is 4.55. The Balaban J connectivity index is 2.04. The summed E-state index contributed by atoms with van der Waals surface area (Å²) in [6.07, 6.45) is 1.57. The van der Waals surface area contributed by atoms with E-state index in [2.05, 4.69) is 0 Å². The number of fused-ring (bicyclic) bond motifs is 2. The first kappa shape index (κ1) is 16.0. The summed E-state index contributed by atoms with van der Waals surface area (Å²) in [7, 11) is 0. The van der Waals surface area contributed by atoms with Gasteiger partial charge in [-0.3, -0.25) is 9.59 Å². The van der Waals surface area contributed by atoms with Gasteiger partial charge in [-0.2, -0.15) is 0 Å². The molecule has 25 heavy (non-hydrogen) atoms. The molecule has 0 aromatic carbocycles. The van der Waals surface area contributed by atoms with Gasteiger partial charge in [-0.05, 0) is 29.9 Å².